The number of nitrogens with zero attached hydrogens (tertiary/aromatic N) is 3. The Kier molecular flexibility index (Phi) is 3.95. The van der Waals surface area contributed by atoms with Gasteiger partial charge in [0.25, 0.3) is 0 Å². The second-order valence-electron chi connectivity index (χ2n) is 7.10. The van der Waals surface area contributed by atoms with Crippen LogP contribution in [0.2, 0.25) is 0 Å². The van der Waals surface area contributed by atoms with Gasteiger partial charge in [-0.15, -0.1) is 0 Å². The summed E-state index contributed by atoms with van der Waals surface area (Å²) < 4.78 is 0. The van der Waals surface area contributed by atoms with E-state index in [4.69, 9.17) is 0 Å². The number of hydrogen-bond donors (Lipinski definition) is 2. The van der Waals surface area contributed by atoms with Crippen molar-refractivity contribution in [2.24, 2.45) is 5.92 Å². The summed E-state index contributed by atoms with van der Waals surface area (Å²) in [6.45, 7) is 1.43. The van der Waals surface area contributed by atoms with Gasteiger partial charge in [-0.05, 0) is 19.3 Å². The van der Waals surface area contributed by atoms with E-state index in [-0.39, 0.29) is 36.4 Å². The fraction of sp³-hybridized carbons (Fsp3) is 0.800. The summed E-state index contributed by atoms with van der Waals surface area (Å²) in [4.78, 5) is 41.5. The maximum absolute atomic E-state index is 12.5. The number of amides is 4. The molecule has 0 aromatic rings. The van der Waals surface area contributed by atoms with Gasteiger partial charge >= 0.3 is 6.03 Å². The number of carbonyl (C=O) groups is 3. The molecule has 128 valence electrons. The van der Waals surface area contributed by atoms with Gasteiger partial charge in [0.2, 0.25) is 11.8 Å². The molecule has 3 fully saturated rings. The number of hydrogen-bond acceptors (Lipinski definition) is 4. The first-order valence-corrected chi connectivity index (χ1v) is 8.05. The van der Waals surface area contributed by atoms with Gasteiger partial charge in [0.05, 0.1) is 11.6 Å². The van der Waals surface area contributed by atoms with Crippen LogP contribution < -0.4 is 5.32 Å². The molecule has 8 nitrogen and oxygen atoms in total. The third-order valence-electron chi connectivity index (χ3n) is 5.21. The van der Waals surface area contributed by atoms with Crippen molar-refractivity contribution in [3.8, 4) is 0 Å². The second kappa shape index (κ2) is 5.67. The molecule has 1 spiro atoms. The summed E-state index contributed by atoms with van der Waals surface area (Å²) in [5, 5.41) is 12.2. The molecule has 0 unspecified atom stereocenters. The maximum Gasteiger partial charge on any atom is 0.320 e. The van der Waals surface area contributed by atoms with Crippen molar-refractivity contribution in [1.82, 2.24) is 20.0 Å². The third-order valence-corrected chi connectivity index (χ3v) is 5.21. The summed E-state index contributed by atoms with van der Waals surface area (Å²) in [6, 6.07) is -0.201. The Balaban J connectivity index is 1.73. The van der Waals surface area contributed by atoms with E-state index >= 15 is 0 Å². The van der Waals surface area contributed by atoms with Crippen LogP contribution in [0, 0.1) is 5.92 Å². The molecule has 1 atom stereocenters. The molecule has 3 aliphatic rings. The van der Waals surface area contributed by atoms with Crippen LogP contribution in [0.25, 0.3) is 0 Å². The summed E-state index contributed by atoms with van der Waals surface area (Å²) in [5.41, 5.74) is -0.521. The summed E-state index contributed by atoms with van der Waals surface area (Å²) in [6.07, 6.45) is 1.36. The number of piperazine rings is 1. The highest BCUT2D eigenvalue weighted by Crippen LogP contribution is 2.35. The molecule has 0 aromatic heterocycles. The van der Waals surface area contributed by atoms with Gasteiger partial charge in [-0.2, -0.15) is 0 Å². The van der Waals surface area contributed by atoms with E-state index in [1.807, 2.05) is 0 Å². The lowest BCUT2D eigenvalue weighted by Gasteiger charge is -2.45. The highest BCUT2D eigenvalue weighted by molar-refractivity contribution is 5.86. The highest BCUT2D eigenvalue weighted by atomic mass is 16.3. The standard InChI is InChI=1S/C15H24N4O4/c1-17(2)14(23)19-7-12(21)16-8-15(19)3-4-18(9-15)13(22)10-5-11(20)6-10/h10-11,20H,3-9H2,1-2H3,(H,16,21)/t10?,11?,15-/m0/s1. The number of carbonyl (C=O) groups excluding carboxylic acids is 3. The van der Waals surface area contributed by atoms with Crippen molar-refractivity contribution in [2.75, 3.05) is 40.3 Å². The van der Waals surface area contributed by atoms with Crippen LogP contribution >= 0.6 is 0 Å². The van der Waals surface area contributed by atoms with Gasteiger partial charge in [-0.25, -0.2) is 4.79 Å². The van der Waals surface area contributed by atoms with Crippen LogP contribution in [0.5, 0.6) is 0 Å². The largest absolute Gasteiger partial charge is 0.393 e. The number of aliphatic hydroxyl groups excluding tert-OH is 1. The van der Waals surface area contributed by atoms with Crippen molar-refractivity contribution >= 4 is 17.8 Å². The minimum absolute atomic E-state index is 0.0290. The predicted octanol–water partition coefficient (Wildman–Crippen LogP) is -1.16. The van der Waals surface area contributed by atoms with Gasteiger partial charge in [0.15, 0.2) is 0 Å². The zero-order valence-corrected chi connectivity index (χ0v) is 13.6. The third kappa shape index (κ3) is 2.75. The molecule has 2 aliphatic heterocycles. The summed E-state index contributed by atoms with van der Waals surface area (Å²) in [7, 11) is 3.33. The van der Waals surface area contributed by atoms with E-state index in [1.165, 1.54) is 4.90 Å². The molecule has 0 aromatic carbocycles. The molecule has 1 saturated carbocycles. The average Bonchev–Trinajstić information content (AvgIpc) is 2.90. The van der Waals surface area contributed by atoms with E-state index in [0.717, 1.165) is 0 Å². The topological polar surface area (TPSA) is 93.2 Å². The molecular weight excluding hydrogens is 300 g/mol. The Morgan fingerprint density at radius 1 is 1.35 bits per heavy atom. The molecule has 4 amide bonds. The summed E-state index contributed by atoms with van der Waals surface area (Å²) >= 11 is 0. The van der Waals surface area contributed by atoms with Crippen molar-refractivity contribution in [3.05, 3.63) is 0 Å². The number of rotatable bonds is 1. The van der Waals surface area contributed by atoms with Crippen molar-refractivity contribution in [1.29, 1.82) is 0 Å². The quantitative estimate of drug-likeness (QED) is 0.636. The summed E-state index contributed by atoms with van der Waals surface area (Å²) in [5.74, 6) is -0.213. The molecule has 0 bridgehead atoms. The van der Waals surface area contributed by atoms with Crippen molar-refractivity contribution < 1.29 is 19.5 Å². The Bertz CT molecular complexity index is 532. The van der Waals surface area contributed by atoms with Crippen LogP contribution in [0.1, 0.15) is 19.3 Å². The van der Waals surface area contributed by atoms with Crippen LogP contribution in [0.4, 0.5) is 4.79 Å². The van der Waals surface area contributed by atoms with E-state index < -0.39 is 5.54 Å². The monoisotopic (exact) mass is 324 g/mol. The van der Waals surface area contributed by atoms with E-state index in [0.29, 0.717) is 38.9 Å². The number of urea groups is 1. The van der Waals surface area contributed by atoms with Gasteiger partial charge < -0.3 is 25.1 Å². The Morgan fingerprint density at radius 3 is 2.65 bits per heavy atom. The first-order valence-electron chi connectivity index (χ1n) is 8.05. The van der Waals surface area contributed by atoms with E-state index in [9.17, 15) is 19.5 Å². The fourth-order valence-corrected chi connectivity index (χ4v) is 3.69. The Labute approximate surface area is 135 Å². The van der Waals surface area contributed by atoms with Crippen LogP contribution in [-0.2, 0) is 9.59 Å². The molecule has 8 heteroatoms. The number of aliphatic hydroxyl groups is 1. The fourth-order valence-electron chi connectivity index (χ4n) is 3.69. The van der Waals surface area contributed by atoms with E-state index in [2.05, 4.69) is 5.32 Å². The van der Waals surface area contributed by atoms with Crippen molar-refractivity contribution in [2.45, 2.75) is 30.9 Å². The zero-order valence-electron chi connectivity index (χ0n) is 13.6. The minimum Gasteiger partial charge on any atom is -0.393 e. The average molecular weight is 324 g/mol. The first kappa shape index (κ1) is 16.0. The molecule has 3 rings (SSSR count). The number of nitrogens with one attached hydrogen (secondary N) is 1. The molecule has 2 heterocycles. The lowest BCUT2D eigenvalue weighted by atomic mass is 9.81. The highest BCUT2D eigenvalue weighted by Gasteiger charge is 2.51. The zero-order chi connectivity index (χ0) is 16.8. The number of likely N-dealkylation sites (tertiary alicyclic amines) is 1. The van der Waals surface area contributed by atoms with E-state index in [1.54, 1.807) is 23.9 Å². The predicted molar refractivity (Wildman–Crippen MR) is 81.5 cm³/mol. The Hall–Kier alpha value is -1.83. The minimum atomic E-state index is -0.521. The maximum atomic E-state index is 12.5. The van der Waals surface area contributed by atoms with Crippen LogP contribution in [0.15, 0.2) is 0 Å². The lowest BCUT2D eigenvalue weighted by molar-refractivity contribution is -0.141. The SMILES string of the molecule is CN(C)C(=O)N1CC(=O)NC[C@]12CCN(C(=O)C1CC(O)C1)C2. The molecule has 2 N–H and O–H groups in total. The van der Waals surface area contributed by atoms with Crippen molar-refractivity contribution in [3.63, 3.8) is 0 Å². The normalized spacial score (nSPS) is 33.4. The van der Waals surface area contributed by atoms with Gasteiger partial charge in [-0.1, -0.05) is 0 Å². The van der Waals surface area contributed by atoms with Gasteiger partial charge in [-0.3, -0.25) is 9.59 Å². The molecule has 23 heavy (non-hydrogen) atoms. The smallest absolute Gasteiger partial charge is 0.320 e. The van der Waals surface area contributed by atoms with Gasteiger partial charge in [0, 0.05) is 39.6 Å². The van der Waals surface area contributed by atoms with Gasteiger partial charge in [0.1, 0.15) is 6.54 Å². The lowest BCUT2D eigenvalue weighted by Crippen LogP contribution is -2.67. The van der Waals surface area contributed by atoms with Crippen LogP contribution in [0.3, 0.4) is 0 Å². The first-order chi connectivity index (χ1) is 10.8. The Morgan fingerprint density at radius 2 is 2.04 bits per heavy atom. The molecule has 2 saturated heterocycles. The molecular formula is C15H24N4O4. The molecule has 1 aliphatic carbocycles. The molecule has 0 radical (unpaired) electrons. The van der Waals surface area contributed by atoms with Crippen LogP contribution in [-0.4, -0.2) is 89.6 Å². The second-order valence-corrected chi connectivity index (χ2v) is 7.10.